The Labute approximate surface area is 113 Å². The minimum Gasteiger partial charge on any atom is -0.396 e. The van der Waals surface area contributed by atoms with Gasteiger partial charge in [0.25, 0.3) is 5.69 Å². The highest BCUT2D eigenvalue weighted by atomic mass is 16.6. The molecule has 0 saturated heterocycles. The summed E-state index contributed by atoms with van der Waals surface area (Å²) in [5, 5.41) is 19.6. The highest BCUT2D eigenvalue weighted by Crippen LogP contribution is 2.29. The van der Waals surface area contributed by atoms with E-state index in [1.807, 2.05) is 6.07 Å². The van der Waals surface area contributed by atoms with Crippen molar-refractivity contribution < 1.29 is 10.0 Å². The molecule has 104 valence electrons. The van der Waals surface area contributed by atoms with Crippen molar-refractivity contribution in [2.45, 2.75) is 38.3 Å². The Kier molecular flexibility index (Phi) is 4.87. The van der Waals surface area contributed by atoms with E-state index in [0.29, 0.717) is 6.04 Å². The minimum absolute atomic E-state index is 0.156. The van der Waals surface area contributed by atoms with Gasteiger partial charge >= 0.3 is 0 Å². The van der Waals surface area contributed by atoms with E-state index in [1.54, 1.807) is 12.1 Å². The van der Waals surface area contributed by atoms with E-state index in [1.165, 1.54) is 18.9 Å². The average Bonchev–Trinajstić information content (AvgIpc) is 3.22. The van der Waals surface area contributed by atoms with Crippen LogP contribution in [0.2, 0.25) is 0 Å². The first-order chi connectivity index (χ1) is 9.20. The van der Waals surface area contributed by atoms with Gasteiger partial charge in [0.05, 0.1) is 4.92 Å². The van der Waals surface area contributed by atoms with Crippen LogP contribution in [0.3, 0.4) is 0 Å². The summed E-state index contributed by atoms with van der Waals surface area (Å²) in [6, 6.07) is 7.48. The first-order valence-corrected chi connectivity index (χ1v) is 6.79. The lowest BCUT2D eigenvalue weighted by Crippen LogP contribution is -2.26. The van der Waals surface area contributed by atoms with Crippen LogP contribution in [0, 0.1) is 10.1 Å². The third kappa shape index (κ3) is 4.29. The van der Waals surface area contributed by atoms with Crippen LogP contribution >= 0.6 is 0 Å². The SMILES string of the molecule is O=[N+]([O-])c1cccc(CN(CCCCO)C2CC2)c1. The van der Waals surface area contributed by atoms with Crippen molar-refractivity contribution in [3.63, 3.8) is 0 Å². The predicted octanol–water partition coefficient (Wildman–Crippen LogP) is 2.33. The number of benzene rings is 1. The smallest absolute Gasteiger partial charge is 0.269 e. The van der Waals surface area contributed by atoms with Gasteiger partial charge in [-0.3, -0.25) is 15.0 Å². The number of aliphatic hydroxyl groups excluding tert-OH is 1. The molecule has 0 heterocycles. The first kappa shape index (κ1) is 14.0. The van der Waals surface area contributed by atoms with E-state index < -0.39 is 0 Å². The molecule has 0 amide bonds. The fourth-order valence-electron chi connectivity index (χ4n) is 2.26. The summed E-state index contributed by atoms with van der Waals surface area (Å²) in [5.41, 5.74) is 1.15. The van der Waals surface area contributed by atoms with Gasteiger partial charge in [0, 0.05) is 31.3 Å². The summed E-state index contributed by atoms with van der Waals surface area (Å²) in [6.45, 7) is 1.95. The second kappa shape index (κ2) is 6.63. The van der Waals surface area contributed by atoms with Crippen LogP contribution in [0.25, 0.3) is 0 Å². The number of hydrogen-bond acceptors (Lipinski definition) is 4. The van der Waals surface area contributed by atoms with Gasteiger partial charge in [0.2, 0.25) is 0 Å². The Bertz CT molecular complexity index is 432. The van der Waals surface area contributed by atoms with Crippen molar-refractivity contribution in [3.8, 4) is 0 Å². The summed E-state index contributed by atoms with van der Waals surface area (Å²) in [5.74, 6) is 0. The van der Waals surface area contributed by atoms with Gasteiger partial charge in [0.1, 0.15) is 0 Å². The third-order valence-electron chi connectivity index (χ3n) is 3.42. The van der Waals surface area contributed by atoms with Gasteiger partial charge in [-0.25, -0.2) is 0 Å². The molecule has 5 heteroatoms. The molecular formula is C14H20N2O3. The van der Waals surface area contributed by atoms with E-state index in [0.717, 1.165) is 31.5 Å². The molecule has 1 aromatic carbocycles. The summed E-state index contributed by atoms with van der Waals surface area (Å²) >= 11 is 0. The molecule has 1 aromatic rings. The lowest BCUT2D eigenvalue weighted by Gasteiger charge is -2.21. The van der Waals surface area contributed by atoms with E-state index >= 15 is 0 Å². The molecule has 19 heavy (non-hydrogen) atoms. The van der Waals surface area contributed by atoms with Crippen LogP contribution in [-0.2, 0) is 6.54 Å². The maximum absolute atomic E-state index is 10.8. The van der Waals surface area contributed by atoms with Gasteiger partial charge in [0.15, 0.2) is 0 Å². The molecule has 1 saturated carbocycles. The fraction of sp³-hybridized carbons (Fsp3) is 0.571. The van der Waals surface area contributed by atoms with Crippen molar-refractivity contribution in [2.75, 3.05) is 13.2 Å². The van der Waals surface area contributed by atoms with Gasteiger partial charge in [-0.2, -0.15) is 0 Å². The fourth-order valence-corrected chi connectivity index (χ4v) is 2.26. The van der Waals surface area contributed by atoms with Crippen molar-refractivity contribution in [1.29, 1.82) is 0 Å². The Morgan fingerprint density at radius 2 is 2.16 bits per heavy atom. The topological polar surface area (TPSA) is 66.6 Å². The first-order valence-electron chi connectivity index (χ1n) is 6.79. The Morgan fingerprint density at radius 3 is 2.79 bits per heavy atom. The van der Waals surface area contributed by atoms with Gasteiger partial charge in [-0.1, -0.05) is 12.1 Å². The Morgan fingerprint density at radius 1 is 1.37 bits per heavy atom. The van der Waals surface area contributed by atoms with Crippen LogP contribution in [-0.4, -0.2) is 34.1 Å². The molecule has 1 fully saturated rings. The number of aliphatic hydroxyl groups is 1. The lowest BCUT2D eigenvalue weighted by atomic mass is 10.1. The Hall–Kier alpha value is -1.46. The summed E-state index contributed by atoms with van der Waals surface area (Å²) in [7, 11) is 0. The van der Waals surface area contributed by atoms with Crippen molar-refractivity contribution >= 4 is 5.69 Å². The maximum atomic E-state index is 10.8. The standard InChI is InChI=1S/C14H20N2O3/c17-9-2-1-8-15(13-6-7-13)11-12-4-3-5-14(10-12)16(18)19/h3-5,10,13,17H,1-2,6-9,11H2. The molecule has 0 bridgehead atoms. The number of unbranched alkanes of at least 4 members (excludes halogenated alkanes) is 1. The summed E-state index contributed by atoms with van der Waals surface area (Å²) in [4.78, 5) is 12.8. The van der Waals surface area contributed by atoms with E-state index in [9.17, 15) is 10.1 Å². The van der Waals surface area contributed by atoms with Crippen molar-refractivity contribution in [2.24, 2.45) is 0 Å². The Balaban J connectivity index is 1.96. The minimum atomic E-state index is -0.350. The molecule has 0 spiro atoms. The number of hydrogen-bond donors (Lipinski definition) is 1. The van der Waals surface area contributed by atoms with Crippen LogP contribution < -0.4 is 0 Å². The number of non-ortho nitro benzene ring substituents is 1. The zero-order chi connectivity index (χ0) is 13.7. The molecular weight excluding hydrogens is 244 g/mol. The van der Waals surface area contributed by atoms with Crippen molar-refractivity contribution in [3.05, 3.63) is 39.9 Å². The third-order valence-corrected chi connectivity index (χ3v) is 3.42. The van der Waals surface area contributed by atoms with Gasteiger partial charge in [-0.15, -0.1) is 0 Å². The van der Waals surface area contributed by atoms with Gasteiger partial charge in [-0.05, 0) is 37.8 Å². The van der Waals surface area contributed by atoms with Gasteiger partial charge < -0.3 is 5.11 Å². The number of nitro groups is 1. The normalized spacial score (nSPS) is 14.8. The largest absolute Gasteiger partial charge is 0.396 e. The molecule has 0 atom stereocenters. The molecule has 1 aliphatic rings. The summed E-state index contributed by atoms with van der Waals surface area (Å²) < 4.78 is 0. The highest BCUT2D eigenvalue weighted by Gasteiger charge is 2.28. The molecule has 2 rings (SSSR count). The van der Waals surface area contributed by atoms with Crippen LogP contribution in [0.15, 0.2) is 24.3 Å². The molecule has 0 radical (unpaired) electrons. The maximum Gasteiger partial charge on any atom is 0.269 e. The number of rotatable bonds is 8. The second-order valence-corrected chi connectivity index (χ2v) is 5.06. The van der Waals surface area contributed by atoms with E-state index in [-0.39, 0.29) is 17.2 Å². The monoisotopic (exact) mass is 264 g/mol. The van der Waals surface area contributed by atoms with Crippen LogP contribution in [0.1, 0.15) is 31.2 Å². The number of nitro benzene ring substituents is 1. The zero-order valence-corrected chi connectivity index (χ0v) is 11.0. The van der Waals surface area contributed by atoms with Crippen LogP contribution in [0.4, 0.5) is 5.69 Å². The second-order valence-electron chi connectivity index (χ2n) is 5.06. The molecule has 5 nitrogen and oxygen atoms in total. The zero-order valence-electron chi connectivity index (χ0n) is 11.0. The molecule has 1 N–H and O–H groups in total. The molecule has 0 aliphatic heterocycles. The van der Waals surface area contributed by atoms with Crippen molar-refractivity contribution in [1.82, 2.24) is 4.90 Å². The van der Waals surface area contributed by atoms with E-state index in [4.69, 9.17) is 5.11 Å². The molecule has 1 aliphatic carbocycles. The quantitative estimate of drug-likeness (QED) is 0.444. The average molecular weight is 264 g/mol. The lowest BCUT2D eigenvalue weighted by molar-refractivity contribution is -0.384. The number of nitrogens with zero attached hydrogens (tertiary/aromatic N) is 2. The van der Waals surface area contributed by atoms with E-state index in [2.05, 4.69) is 4.90 Å². The summed E-state index contributed by atoms with van der Waals surface area (Å²) in [6.07, 6.45) is 4.22. The predicted molar refractivity (Wildman–Crippen MR) is 72.8 cm³/mol. The molecule has 0 aromatic heterocycles. The molecule has 0 unspecified atom stereocenters. The highest BCUT2D eigenvalue weighted by molar-refractivity contribution is 5.34. The van der Waals surface area contributed by atoms with Crippen LogP contribution in [0.5, 0.6) is 0 Å².